The molecule has 3 unspecified atom stereocenters. The molecule has 0 aliphatic carbocycles. The van der Waals surface area contributed by atoms with E-state index in [1.807, 2.05) is 37.3 Å². The summed E-state index contributed by atoms with van der Waals surface area (Å²) in [5, 5.41) is 21.1. The van der Waals surface area contributed by atoms with Gasteiger partial charge >= 0.3 is 6.18 Å². The predicted molar refractivity (Wildman–Crippen MR) is 118 cm³/mol. The topological polar surface area (TPSA) is 66.2 Å². The fraction of sp³-hybridized carbons (Fsp3) is 0.417. The number of alkyl halides is 3. The van der Waals surface area contributed by atoms with Crippen molar-refractivity contribution in [3.05, 3.63) is 82.7 Å². The van der Waals surface area contributed by atoms with E-state index in [0.29, 0.717) is 6.07 Å². The lowest BCUT2D eigenvalue weighted by Crippen LogP contribution is -2.46. The van der Waals surface area contributed by atoms with E-state index in [4.69, 9.17) is 0 Å². The van der Waals surface area contributed by atoms with Gasteiger partial charge in [0.2, 0.25) is 5.82 Å². The van der Waals surface area contributed by atoms with E-state index in [0.717, 1.165) is 16.2 Å². The highest BCUT2D eigenvalue weighted by Gasteiger charge is 2.40. The summed E-state index contributed by atoms with van der Waals surface area (Å²) >= 11 is 0. The number of fused-ring (bicyclic) bond motifs is 1. The molecule has 1 aliphatic heterocycles. The van der Waals surface area contributed by atoms with Gasteiger partial charge in [0.25, 0.3) is 0 Å². The Hall–Kier alpha value is -2.96. The lowest BCUT2D eigenvalue weighted by atomic mass is 9.98. The lowest BCUT2D eigenvalue weighted by molar-refractivity contribution is -0.148. The number of rotatable bonds is 8. The molecule has 0 radical (unpaired) electrons. The monoisotopic (exact) mass is 513 g/mol. The van der Waals surface area contributed by atoms with Crippen molar-refractivity contribution < 1.29 is 31.4 Å². The highest BCUT2D eigenvalue weighted by atomic mass is 19.4. The van der Waals surface area contributed by atoms with E-state index in [9.17, 15) is 31.4 Å². The van der Waals surface area contributed by atoms with Crippen LogP contribution in [0.5, 0.6) is 0 Å². The van der Waals surface area contributed by atoms with Gasteiger partial charge < -0.3 is 15.0 Å². The number of aromatic nitrogens is 3. The zero-order valence-corrected chi connectivity index (χ0v) is 19.3. The Kier molecular flexibility index (Phi) is 7.67. The summed E-state index contributed by atoms with van der Waals surface area (Å²) in [6.07, 6.45) is -5.78. The van der Waals surface area contributed by atoms with Crippen molar-refractivity contribution in [1.29, 1.82) is 0 Å². The van der Waals surface area contributed by atoms with Gasteiger partial charge in [-0.1, -0.05) is 30.3 Å². The van der Waals surface area contributed by atoms with Crippen LogP contribution in [0.25, 0.3) is 0 Å². The van der Waals surface area contributed by atoms with Crippen molar-refractivity contribution in [3.8, 4) is 0 Å². The number of benzene rings is 2. The fourth-order valence-corrected chi connectivity index (χ4v) is 4.43. The molecule has 36 heavy (non-hydrogen) atoms. The summed E-state index contributed by atoms with van der Waals surface area (Å²) in [7, 11) is 0. The van der Waals surface area contributed by atoms with Gasteiger partial charge in [0, 0.05) is 37.7 Å². The minimum Gasteiger partial charge on any atom is -0.378 e. The van der Waals surface area contributed by atoms with E-state index in [1.54, 1.807) is 4.90 Å². The molecule has 0 saturated heterocycles. The Morgan fingerprint density at radius 1 is 1.00 bits per heavy atom. The van der Waals surface area contributed by atoms with Crippen LogP contribution < -0.4 is 5.32 Å². The first-order chi connectivity index (χ1) is 17.0. The first-order valence-corrected chi connectivity index (χ1v) is 11.4. The van der Waals surface area contributed by atoms with Crippen LogP contribution in [0.4, 0.5) is 26.3 Å². The van der Waals surface area contributed by atoms with E-state index in [1.165, 1.54) is 0 Å². The van der Waals surface area contributed by atoms with Crippen LogP contribution in [0.1, 0.15) is 42.2 Å². The van der Waals surface area contributed by atoms with Crippen molar-refractivity contribution in [2.75, 3.05) is 6.54 Å². The zero-order chi connectivity index (χ0) is 26.0. The van der Waals surface area contributed by atoms with E-state index in [2.05, 4.69) is 15.5 Å². The first kappa shape index (κ1) is 26.1. The molecular formula is C24H25F6N5O. The molecule has 12 heteroatoms. The SMILES string of the molecule is CC(NC(Cc1cc(F)c(F)cc1F)CC(O)N1CCn2c(nnc2C(F)(F)F)C1)c1ccccc1. The average molecular weight is 513 g/mol. The molecule has 0 spiro atoms. The second-order valence-electron chi connectivity index (χ2n) is 8.83. The number of nitrogens with zero attached hydrogens (tertiary/aromatic N) is 4. The van der Waals surface area contributed by atoms with Crippen LogP contribution in [0.2, 0.25) is 0 Å². The molecule has 1 aliphatic rings. The molecule has 4 rings (SSSR count). The van der Waals surface area contributed by atoms with Gasteiger partial charge in [-0.05, 0) is 30.5 Å². The van der Waals surface area contributed by atoms with Gasteiger partial charge in [-0.2, -0.15) is 13.2 Å². The molecule has 2 aromatic carbocycles. The third-order valence-electron chi connectivity index (χ3n) is 6.29. The van der Waals surface area contributed by atoms with E-state index < -0.39 is 41.7 Å². The number of hydrogen-bond acceptors (Lipinski definition) is 5. The van der Waals surface area contributed by atoms with Crippen molar-refractivity contribution in [3.63, 3.8) is 0 Å². The number of aliphatic hydroxyl groups excluding tert-OH is 1. The van der Waals surface area contributed by atoms with Gasteiger partial charge in [0.05, 0.1) is 6.54 Å². The quantitative estimate of drug-likeness (QED) is 0.349. The Labute approximate surface area is 203 Å². The molecular weight excluding hydrogens is 488 g/mol. The van der Waals surface area contributed by atoms with Crippen molar-refractivity contribution in [1.82, 2.24) is 25.0 Å². The van der Waals surface area contributed by atoms with Crippen LogP contribution in [-0.4, -0.2) is 43.6 Å². The van der Waals surface area contributed by atoms with E-state index in [-0.39, 0.29) is 49.9 Å². The third kappa shape index (κ3) is 5.88. The van der Waals surface area contributed by atoms with Crippen LogP contribution in [0.15, 0.2) is 42.5 Å². The highest BCUT2D eigenvalue weighted by Crippen LogP contribution is 2.30. The van der Waals surface area contributed by atoms with E-state index >= 15 is 0 Å². The molecule has 2 heterocycles. The van der Waals surface area contributed by atoms with Crippen LogP contribution in [0, 0.1) is 17.5 Å². The minimum atomic E-state index is -4.64. The summed E-state index contributed by atoms with van der Waals surface area (Å²) in [4.78, 5) is 1.55. The van der Waals surface area contributed by atoms with Crippen LogP contribution >= 0.6 is 0 Å². The number of nitrogens with one attached hydrogen (secondary N) is 1. The third-order valence-corrected chi connectivity index (χ3v) is 6.29. The van der Waals surface area contributed by atoms with Gasteiger partial charge in [0.1, 0.15) is 17.9 Å². The molecule has 3 atom stereocenters. The average Bonchev–Trinajstić information content (AvgIpc) is 3.27. The van der Waals surface area contributed by atoms with Crippen LogP contribution in [0.3, 0.4) is 0 Å². The van der Waals surface area contributed by atoms with Crippen molar-refractivity contribution in [2.24, 2.45) is 0 Å². The molecule has 0 amide bonds. The fourth-order valence-electron chi connectivity index (χ4n) is 4.43. The number of aliphatic hydroxyl groups is 1. The van der Waals surface area contributed by atoms with Crippen molar-refractivity contribution in [2.45, 2.75) is 57.3 Å². The summed E-state index contributed by atoms with van der Waals surface area (Å²) in [5.41, 5.74) is 0.862. The van der Waals surface area contributed by atoms with Crippen LogP contribution in [-0.2, 0) is 25.7 Å². The summed E-state index contributed by atoms with van der Waals surface area (Å²) in [6.45, 7) is 1.85. The maximum Gasteiger partial charge on any atom is 0.451 e. The maximum atomic E-state index is 14.4. The summed E-state index contributed by atoms with van der Waals surface area (Å²) < 4.78 is 81.9. The highest BCUT2D eigenvalue weighted by molar-refractivity contribution is 5.22. The molecule has 6 nitrogen and oxygen atoms in total. The molecule has 1 aromatic heterocycles. The Morgan fingerprint density at radius 3 is 2.39 bits per heavy atom. The molecule has 3 aromatic rings. The second kappa shape index (κ2) is 10.6. The van der Waals surface area contributed by atoms with Crippen molar-refractivity contribution >= 4 is 0 Å². The first-order valence-electron chi connectivity index (χ1n) is 11.4. The van der Waals surface area contributed by atoms with Gasteiger partial charge in [-0.15, -0.1) is 10.2 Å². The van der Waals surface area contributed by atoms with Gasteiger partial charge in [0.15, 0.2) is 11.6 Å². The smallest absolute Gasteiger partial charge is 0.378 e. The summed E-state index contributed by atoms with van der Waals surface area (Å²) in [6, 6.07) is 9.80. The Bertz CT molecular complexity index is 1190. The normalized spacial score (nSPS) is 17.0. The number of halogens is 6. The molecule has 194 valence electrons. The summed E-state index contributed by atoms with van der Waals surface area (Å²) in [5.74, 6) is -4.40. The second-order valence-corrected chi connectivity index (χ2v) is 8.83. The molecule has 0 saturated carbocycles. The predicted octanol–water partition coefficient (Wildman–Crippen LogP) is 4.20. The molecule has 2 N–H and O–H groups in total. The maximum absolute atomic E-state index is 14.4. The Balaban J connectivity index is 1.51. The van der Waals surface area contributed by atoms with Gasteiger partial charge in [-0.25, -0.2) is 13.2 Å². The molecule has 0 bridgehead atoms. The number of hydrogen-bond donors (Lipinski definition) is 2. The largest absolute Gasteiger partial charge is 0.451 e. The standard InChI is InChI=1S/C24H25F6N5O/c1-14(15-5-3-2-4-6-15)31-17(9-16-10-19(26)20(27)12-18(16)25)11-22(36)34-7-8-35-21(13-34)32-33-23(35)24(28,29)30/h2-6,10,12,14,17,22,31,36H,7-9,11,13H2,1H3. The molecule has 0 fully saturated rings. The lowest BCUT2D eigenvalue weighted by Gasteiger charge is -2.34. The zero-order valence-electron chi connectivity index (χ0n) is 19.3. The minimum absolute atomic E-state index is 0.0376. The van der Waals surface area contributed by atoms with Gasteiger partial charge in [-0.3, -0.25) is 4.90 Å². The Morgan fingerprint density at radius 2 is 1.69 bits per heavy atom.